The molecule has 56 valence electrons. The molecule has 0 radical (unpaired) electrons. The van der Waals surface area contributed by atoms with E-state index in [9.17, 15) is 0 Å². The van der Waals surface area contributed by atoms with Crippen molar-refractivity contribution in [1.82, 2.24) is 0 Å². The molecule has 0 N–H and O–H groups in total. The Morgan fingerprint density at radius 2 is 1.67 bits per heavy atom. The summed E-state index contributed by atoms with van der Waals surface area (Å²) in [6, 6.07) is 0. The highest BCUT2D eigenvalue weighted by molar-refractivity contribution is 9.09. The molecule has 0 aliphatic heterocycles. The average molecular weight is 193 g/mol. The van der Waals surface area contributed by atoms with E-state index >= 15 is 0 Å². The molecule has 0 nitrogen and oxygen atoms in total. The second kappa shape index (κ2) is 5.28. The third-order valence-corrected chi connectivity index (χ3v) is 2.61. The fraction of sp³-hybridized carbons (Fsp3) is 1.00. The van der Waals surface area contributed by atoms with Crippen LogP contribution < -0.4 is 0 Å². The highest BCUT2D eigenvalue weighted by Gasteiger charge is 2.00. The van der Waals surface area contributed by atoms with Crippen molar-refractivity contribution in [3.05, 3.63) is 0 Å². The summed E-state index contributed by atoms with van der Waals surface area (Å²) in [5.41, 5.74) is 0. The minimum Gasteiger partial charge on any atom is -0.0925 e. The molecule has 0 aromatic carbocycles. The standard InChI is InChI=1S/C8H17Br/c1-7(2)4-5-8(3)6-9/h7-8H,4-6H2,1-3H3/t8-/m1/s1. The van der Waals surface area contributed by atoms with Crippen molar-refractivity contribution >= 4 is 15.9 Å². The van der Waals surface area contributed by atoms with E-state index in [1.54, 1.807) is 0 Å². The Hall–Kier alpha value is 0.480. The van der Waals surface area contributed by atoms with Crippen molar-refractivity contribution in [3.8, 4) is 0 Å². The summed E-state index contributed by atoms with van der Waals surface area (Å²) in [4.78, 5) is 0. The van der Waals surface area contributed by atoms with Gasteiger partial charge in [0.15, 0.2) is 0 Å². The molecular weight excluding hydrogens is 176 g/mol. The van der Waals surface area contributed by atoms with Crippen LogP contribution in [0.4, 0.5) is 0 Å². The maximum Gasteiger partial charge on any atom is 0.00570 e. The zero-order valence-corrected chi connectivity index (χ0v) is 8.24. The maximum atomic E-state index is 3.46. The Kier molecular flexibility index (Phi) is 5.56. The number of alkyl halides is 1. The van der Waals surface area contributed by atoms with Gasteiger partial charge in [0, 0.05) is 5.33 Å². The molecule has 0 aliphatic carbocycles. The first-order chi connectivity index (χ1) is 4.16. The lowest BCUT2D eigenvalue weighted by Gasteiger charge is -2.08. The molecule has 0 rings (SSSR count). The molecule has 0 unspecified atom stereocenters. The number of rotatable bonds is 4. The van der Waals surface area contributed by atoms with Gasteiger partial charge in [-0.2, -0.15) is 0 Å². The van der Waals surface area contributed by atoms with E-state index in [1.165, 1.54) is 12.8 Å². The van der Waals surface area contributed by atoms with E-state index in [-0.39, 0.29) is 0 Å². The summed E-state index contributed by atoms with van der Waals surface area (Å²) < 4.78 is 0. The van der Waals surface area contributed by atoms with Crippen LogP contribution in [0.5, 0.6) is 0 Å². The third kappa shape index (κ3) is 6.36. The minimum absolute atomic E-state index is 0.854. The molecule has 0 aromatic heterocycles. The van der Waals surface area contributed by atoms with Crippen LogP contribution in [0, 0.1) is 11.8 Å². The summed E-state index contributed by atoms with van der Waals surface area (Å²) in [5.74, 6) is 1.72. The van der Waals surface area contributed by atoms with Gasteiger partial charge >= 0.3 is 0 Å². The van der Waals surface area contributed by atoms with Crippen LogP contribution >= 0.6 is 15.9 Å². The first-order valence-corrected chi connectivity index (χ1v) is 4.85. The number of halogens is 1. The van der Waals surface area contributed by atoms with Crippen LogP contribution in [0.25, 0.3) is 0 Å². The maximum absolute atomic E-state index is 3.46. The van der Waals surface area contributed by atoms with E-state index in [1.807, 2.05) is 0 Å². The Labute approximate surface area is 67.2 Å². The predicted octanol–water partition coefficient (Wildman–Crippen LogP) is 3.45. The monoisotopic (exact) mass is 192 g/mol. The molecule has 0 amide bonds. The van der Waals surface area contributed by atoms with Crippen LogP contribution in [0.2, 0.25) is 0 Å². The van der Waals surface area contributed by atoms with Crippen LogP contribution in [0.15, 0.2) is 0 Å². The number of hydrogen-bond donors (Lipinski definition) is 0. The zero-order chi connectivity index (χ0) is 7.28. The first kappa shape index (κ1) is 9.48. The first-order valence-electron chi connectivity index (χ1n) is 3.72. The van der Waals surface area contributed by atoms with Crippen LogP contribution in [-0.4, -0.2) is 5.33 Å². The van der Waals surface area contributed by atoms with E-state index in [0.29, 0.717) is 0 Å². The Morgan fingerprint density at radius 3 is 2.00 bits per heavy atom. The van der Waals surface area contributed by atoms with E-state index < -0.39 is 0 Å². The van der Waals surface area contributed by atoms with Gasteiger partial charge in [-0.25, -0.2) is 0 Å². The van der Waals surface area contributed by atoms with Gasteiger partial charge in [-0.15, -0.1) is 0 Å². The lowest BCUT2D eigenvalue weighted by atomic mass is 10.0. The molecule has 1 heteroatoms. The summed E-state index contributed by atoms with van der Waals surface area (Å²) in [6.07, 6.45) is 2.73. The molecule has 0 bridgehead atoms. The fourth-order valence-corrected chi connectivity index (χ4v) is 1.02. The Bertz CT molecular complexity index is 59.6. The van der Waals surface area contributed by atoms with Gasteiger partial charge in [-0.1, -0.05) is 43.1 Å². The lowest BCUT2D eigenvalue weighted by molar-refractivity contribution is 0.482. The largest absolute Gasteiger partial charge is 0.0925 e. The van der Waals surface area contributed by atoms with Gasteiger partial charge < -0.3 is 0 Å². The summed E-state index contributed by atoms with van der Waals surface area (Å²) in [5, 5.41) is 1.15. The average Bonchev–Trinajstić information content (AvgIpc) is 1.83. The lowest BCUT2D eigenvalue weighted by Crippen LogP contribution is -1.97. The molecule has 0 heterocycles. The molecular formula is C8H17Br. The van der Waals surface area contributed by atoms with Gasteiger partial charge in [-0.3, -0.25) is 0 Å². The van der Waals surface area contributed by atoms with Gasteiger partial charge in [0.2, 0.25) is 0 Å². The summed E-state index contributed by atoms with van der Waals surface area (Å²) in [7, 11) is 0. The van der Waals surface area contributed by atoms with E-state index in [2.05, 4.69) is 36.7 Å². The molecule has 0 spiro atoms. The Balaban J connectivity index is 3.06. The van der Waals surface area contributed by atoms with E-state index in [4.69, 9.17) is 0 Å². The quantitative estimate of drug-likeness (QED) is 0.600. The number of hydrogen-bond acceptors (Lipinski definition) is 0. The molecule has 0 fully saturated rings. The van der Waals surface area contributed by atoms with Gasteiger partial charge in [0.25, 0.3) is 0 Å². The fourth-order valence-electron chi connectivity index (χ4n) is 0.695. The second-order valence-corrected chi connectivity index (χ2v) is 3.88. The van der Waals surface area contributed by atoms with Gasteiger partial charge in [0.1, 0.15) is 0 Å². The molecule has 1 atom stereocenters. The molecule has 0 saturated heterocycles. The SMILES string of the molecule is CC(C)CC[C@@H](C)CBr. The third-order valence-electron chi connectivity index (χ3n) is 1.50. The van der Waals surface area contributed by atoms with Crippen molar-refractivity contribution in [2.24, 2.45) is 11.8 Å². The highest BCUT2D eigenvalue weighted by atomic mass is 79.9. The van der Waals surface area contributed by atoms with Gasteiger partial charge in [0.05, 0.1) is 0 Å². The summed E-state index contributed by atoms with van der Waals surface area (Å²) in [6.45, 7) is 6.85. The highest BCUT2D eigenvalue weighted by Crippen LogP contribution is 2.12. The van der Waals surface area contributed by atoms with Crippen molar-refractivity contribution in [1.29, 1.82) is 0 Å². The van der Waals surface area contributed by atoms with Crippen molar-refractivity contribution < 1.29 is 0 Å². The van der Waals surface area contributed by atoms with Crippen molar-refractivity contribution in [2.75, 3.05) is 5.33 Å². The normalized spacial score (nSPS) is 14.3. The molecule has 0 aliphatic rings. The molecule has 0 saturated carbocycles. The van der Waals surface area contributed by atoms with Gasteiger partial charge in [-0.05, 0) is 18.3 Å². The van der Waals surface area contributed by atoms with Crippen LogP contribution in [-0.2, 0) is 0 Å². The summed E-state index contributed by atoms with van der Waals surface area (Å²) >= 11 is 3.46. The van der Waals surface area contributed by atoms with Crippen LogP contribution in [0.1, 0.15) is 33.6 Å². The molecule has 0 aromatic rings. The zero-order valence-electron chi connectivity index (χ0n) is 6.65. The second-order valence-electron chi connectivity index (χ2n) is 3.23. The van der Waals surface area contributed by atoms with Crippen LogP contribution in [0.3, 0.4) is 0 Å². The van der Waals surface area contributed by atoms with Crippen molar-refractivity contribution in [2.45, 2.75) is 33.6 Å². The Morgan fingerprint density at radius 1 is 1.11 bits per heavy atom. The van der Waals surface area contributed by atoms with E-state index in [0.717, 1.165) is 17.2 Å². The molecule has 9 heavy (non-hydrogen) atoms. The smallest absolute Gasteiger partial charge is 0.00570 e. The van der Waals surface area contributed by atoms with Crippen molar-refractivity contribution in [3.63, 3.8) is 0 Å². The minimum atomic E-state index is 0.854. The predicted molar refractivity (Wildman–Crippen MR) is 47.0 cm³/mol. The topological polar surface area (TPSA) is 0 Å².